The first-order chi connectivity index (χ1) is 11.2. The highest BCUT2D eigenvalue weighted by Gasteiger charge is 2.38. The number of methoxy groups -OCH3 is 1. The van der Waals surface area contributed by atoms with E-state index in [1.165, 1.54) is 11.1 Å². The van der Waals surface area contributed by atoms with E-state index in [4.69, 9.17) is 9.47 Å². The molecule has 2 unspecified atom stereocenters. The van der Waals surface area contributed by atoms with Crippen molar-refractivity contribution < 1.29 is 14.6 Å². The number of benzene rings is 2. The van der Waals surface area contributed by atoms with Crippen molar-refractivity contribution >= 4 is 6.08 Å². The van der Waals surface area contributed by atoms with Crippen LogP contribution in [0.25, 0.3) is 6.08 Å². The molecule has 2 aliphatic rings. The van der Waals surface area contributed by atoms with Crippen molar-refractivity contribution in [1.82, 2.24) is 0 Å². The van der Waals surface area contributed by atoms with E-state index >= 15 is 0 Å². The predicted molar refractivity (Wildman–Crippen MR) is 89.8 cm³/mol. The average molecular weight is 308 g/mol. The second-order valence-electron chi connectivity index (χ2n) is 6.13. The van der Waals surface area contributed by atoms with Gasteiger partial charge in [-0.15, -0.1) is 0 Å². The Kier molecular flexibility index (Phi) is 3.38. The van der Waals surface area contributed by atoms with Gasteiger partial charge in [0.25, 0.3) is 0 Å². The molecule has 0 aromatic heterocycles. The summed E-state index contributed by atoms with van der Waals surface area (Å²) >= 11 is 0. The monoisotopic (exact) mass is 308 g/mol. The molecule has 23 heavy (non-hydrogen) atoms. The van der Waals surface area contributed by atoms with Crippen LogP contribution in [-0.2, 0) is 17.6 Å². The van der Waals surface area contributed by atoms with Gasteiger partial charge in [-0.05, 0) is 24.1 Å². The van der Waals surface area contributed by atoms with Gasteiger partial charge in [-0.1, -0.05) is 36.4 Å². The molecule has 0 amide bonds. The molecule has 0 spiro atoms. The number of phenols is 1. The van der Waals surface area contributed by atoms with Crippen LogP contribution in [0.2, 0.25) is 0 Å². The lowest BCUT2D eigenvalue weighted by molar-refractivity contribution is -0.0409. The zero-order chi connectivity index (χ0) is 16.0. The fraction of sp³-hybridized carbons (Fsp3) is 0.300. The van der Waals surface area contributed by atoms with E-state index in [0.717, 1.165) is 28.9 Å². The molecular formula is C20H20O3. The minimum Gasteiger partial charge on any atom is -0.507 e. The van der Waals surface area contributed by atoms with Gasteiger partial charge in [0.2, 0.25) is 0 Å². The van der Waals surface area contributed by atoms with Crippen molar-refractivity contribution in [2.45, 2.75) is 32.0 Å². The number of rotatable bonds is 2. The van der Waals surface area contributed by atoms with Crippen LogP contribution in [0.3, 0.4) is 0 Å². The van der Waals surface area contributed by atoms with E-state index in [1.807, 2.05) is 25.1 Å². The standard InChI is InChI=1S/C20H20O3/c1-3-6-13-10-17(22-2)19-15(20(13)21)11-16-14-8-5-4-7-12(14)9-18(19)23-16/h3-8,10,16,18,21H,9,11H2,1-2H3/b6-3+. The molecule has 2 atom stereocenters. The normalized spacial score (nSPS) is 21.8. The van der Waals surface area contributed by atoms with Gasteiger partial charge in [0.15, 0.2) is 0 Å². The highest BCUT2D eigenvalue weighted by Crippen LogP contribution is 2.51. The van der Waals surface area contributed by atoms with Gasteiger partial charge in [-0.25, -0.2) is 0 Å². The van der Waals surface area contributed by atoms with Gasteiger partial charge < -0.3 is 14.6 Å². The van der Waals surface area contributed by atoms with Crippen molar-refractivity contribution in [1.29, 1.82) is 0 Å². The molecule has 2 bridgehead atoms. The second-order valence-corrected chi connectivity index (χ2v) is 6.13. The van der Waals surface area contributed by atoms with Gasteiger partial charge in [-0.2, -0.15) is 0 Å². The van der Waals surface area contributed by atoms with Gasteiger partial charge in [0.05, 0.1) is 19.3 Å². The summed E-state index contributed by atoms with van der Waals surface area (Å²) in [7, 11) is 1.68. The van der Waals surface area contributed by atoms with Crippen LogP contribution in [-0.4, -0.2) is 12.2 Å². The third-order valence-electron chi connectivity index (χ3n) is 4.85. The summed E-state index contributed by atoms with van der Waals surface area (Å²) in [6.45, 7) is 1.94. The number of allylic oxidation sites excluding steroid dienone is 1. The maximum atomic E-state index is 10.7. The minimum atomic E-state index is -0.0563. The van der Waals surface area contributed by atoms with Crippen LogP contribution in [0.15, 0.2) is 36.4 Å². The van der Waals surface area contributed by atoms with Crippen LogP contribution in [0.1, 0.15) is 46.9 Å². The van der Waals surface area contributed by atoms with E-state index in [1.54, 1.807) is 7.11 Å². The van der Waals surface area contributed by atoms with E-state index < -0.39 is 0 Å². The van der Waals surface area contributed by atoms with Crippen molar-refractivity contribution in [3.63, 3.8) is 0 Å². The maximum absolute atomic E-state index is 10.7. The highest BCUT2D eigenvalue weighted by molar-refractivity contribution is 5.66. The van der Waals surface area contributed by atoms with Gasteiger partial charge in [0, 0.05) is 29.5 Å². The van der Waals surface area contributed by atoms with Crippen LogP contribution in [0.4, 0.5) is 0 Å². The Morgan fingerprint density at radius 3 is 2.83 bits per heavy atom. The number of fused-ring (bicyclic) bond motifs is 6. The summed E-state index contributed by atoms with van der Waals surface area (Å²) in [5.74, 6) is 1.16. The molecule has 2 aromatic rings. The minimum absolute atomic E-state index is 0.00825. The number of hydrogen-bond acceptors (Lipinski definition) is 3. The lowest BCUT2D eigenvalue weighted by Gasteiger charge is -2.39. The first kappa shape index (κ1) is 14.3. The maximum Gasteiger partial charge on any atom is 0.126 e. The molecule has 4 rings (SSSR count). The number of ether oxygens (including phenoxy) is 2. The fourth-order valence-electron chi connectivity index (χ4n) is 3.84. The van der Waals surface area contributed by atoms with E-state index in [2.05, 4.69) is 24.3 Å². The zero-order valence-electron chi connectivity index (χ0n) is 13.4. The summed E-state index contributed by atoms with van der Waals surface area (Å²) in [6, 6.07) is 10.3. The predicted octanol–water partition coefficient (Wildman–Crippen LogP) is 4.35. The van der Waals surface area contributed by atoms with Gasteiger partial charge >= 0.3 is 0 Å². The van der Waals surface area contributed by atoms with E-state index in [9.17, 15) is 5.11 Å². The zero-order valence-corrected chi connectivity index (χ0v) is 13.4. The third kappa shape index (κ3) is 2.15. The molecule has 2 aliphatic heterocycles. The molecule has 3 nitrogen and oxygen atoms in total. The average Bonchev–Trinajstić information content (AvgIpc) is 2.58. The molecule has 2 aromatic carbocycles. The fourth-order valence-corrected chi connectivity index (χ4v) is 3.84. The van der Waals surface area contributed by atoms with Crippen molar-refractivity contribution in [3.8, 4) is 11.5 Å². The van der Waals surface area contributed by atoms with Gasteiger partial charge in [-0.3, -0.25) is 0 Å². The topological polar surface area (TPSA) is 38.7 Å². The molecule has 3 heteroatoms. The lowest BCUT2D eigenvalue weighted by atomic mass is 9.80. The smallest absolute Gasteiger partial charge is 0.126 e. The van der Waals surface area contributed by atoms with Crippen LogP contribution < -0.4 is 4.74 Å². The van der Waals surface area contributed by atoms with E-state index in [0.29, 0.717) is 12.2 Å². The molecule has 0 aliphatic carbocycles. The largest absolute Gasteiger partial charge is 0.507 e. The number of phenolic OH excluding ortho intramolecular Hbond substituents is 1. The highest BCUT2D eigenvalue weighted by atomic mass is 16.5. The number of hydrogen-bond donors (Lipinski definition) is 1. The SMILES string of the molecule is C/C=C/c1cc(OC)c2c(c1O)CC1OC2Cc2ccccc21. The first-order valence-corrected chi connectivity index (χ1v) is 8.01. The summed E-state index contributed by atoms with van der Waals surface area (Å²) in [4.78, 5) is 0. The summed E-state index contributed by atoms with van der Waals surface area (Å²) in [5.41, 5.74) is 5.34. The van der Waals surface area contributed by atoms with Crippen LogP contribution in [0.5, 0.6) is 11.5 Å². The van der Waals surface area contributed by atoms with Crippen molar-refractivity contribution in [3.05, 3.63) is 64.2 Å². The molecule has 0 saturated heterocycles. The second kappa shape index (κ2) is 5.43. The Hall–Kier alpha value is -2.26. The Labute approximate surface area is 136 Å². The lowest BCUT2D eigenvalue weighted by Crippen LogP contribution is -2.28. The molecule has 118 valence electrons. The van der Waals surface area contributed by atoms with E-state index in [-0.39, 0.29) is 12.2 Å². The quantitative estimate of drug-likeness (QED) is 0.896. The molecule has 0 fully saturated rings. The summed E-state index contributed by atoms with van der Waals surface area (Å²) in [5, 5.41) is 10.7. The molecule has 0 radical (unpaired) electrons. The Morgan fingerprint density at radius 2 is 2.04 bits per heavy atom. The molecular weight excluding hydrogens is 288 g/mol. The number of aromatic hydroxyl groups is 1. The van der Waals surface area contributed by atoms with Crippen LogP contribution >= 0.6 is 0 Å². The van der Waals surface area contributed by atoms with Crippen LogP contribution in [0, 0.1) is 0 Å². The third-order valence-corrected chi connectivity index (χ3v) is 4.85. The Balaban J connectivity index is 1.90. The Morgan fingerprint density at radius 1 is 1.22 bits per heavy atom. The summed E-state index contributed by atoms with van der Waals surface area (Å²) < 4.78 is 11.9. The molecule has 2 heterocycles. The first-order valence-electron chi connectivity index (χ1n) is 8.01. The summed E-state index contributed by atoms with van der Waals surface area (Å²) in [6.07, 6.45) is 5.29. The van der Waals surface area contributed by atoms with Crippen molar-refractivity contribution in [2.75, 3.05) is 7.11 Å². The Bertz CT molecular complexity index is 792. The molecule has 1 N–H and O–H groups in total. The van der Waals surface area contributed by atoms with Gasteiger partial charge in [0.1, 0.15) is 11.5 Å². The van der Waals surface area contributed by atoms with Crippen molar-refractivity contribution in [2.24, 2.45) is 0 Å². The molecule has 0 saturated carbocycles.